The fourth-order valence-corrected chi connectivity index (χ4v) is 6.99. The second-order valence-corrected chi connectivity index (χ2v) is 14.2. The van der Waals surface area contributed by atoms with Crippen LogP contribution in [0, 0.1) is 0 Å². The third-order valence-corrected chi connectivity index (χ3v) is 9.66. The van der Waals surface area contributed by atoms with Gasteiger partial charge in [0.05, 0.1) is 26.4 Å². The molecule has 4 fully saturated rings. The number of hydrogen-bond donors (Lipinski definition) is 14. The SMILES string of the molecule is CC(=O)N[C@@H]1[C@@H](O[C@@H]2O[C@H](CO)[C@H](O)[C@H](O)[C@H]2O)[C@@H](O)[C@@H](CO[C@@H]2O[C@H](CO)[C@@H](O[C@@H]3O[C@H](CO)[C@H](O)[C@H](OS(=O)(=O)O)[C@H]3O)[C@H](O)[C@H]2NC(C)=O)O[C@H]1O. The molecule has 4 heterocycles. The second kappa shape index (κ2) is 19.2. The Hall–Kier alpha value is -1.91. The molecular formula is C28H48N2O24S. The fraction of sp³-hybridized carbons (Fsp3) is 0.929. The van der Waals surface area contributed by atoms with Gasteiger partial charge in [-0.3, -0.25) is 14.1 Å². The van der Waals surface area contributed by atoms with Gasteiger partial charge >= 0.3 is 10.4 Å². The van der Waals surface area contributed by atoms with E-state index in [1.165, 1.54) is 0 Å². The number of aliphatic hydroxyl groups excluding tert-OH is 11. The normalized spacial score (nSPS) is 45.5. The molecule has 4 rings (SSSR count). The Kier molecular flexibility index (Phi) is 16.0. The van der Waals surface area contributed by atoms with Gasteiger partial charge in [-0.2, -0.15) is 8.42 Å². The van der Waals surface area contributed by atoms with E-state index < -0.39 is 171 Å². The summed E-state index contributed by atoms with van der Waals surface area (Å²) in [7, 11) is -5.29. The van der Waals surface area contributed by atoms with Crippen LogP contribution >= 0.6 is 0 Å². The summed E-state index contributed by atoms with van der Waals surface area (Å²) < 4.78 is 75.1. The van der Waals surface area contributed by atoms with Gasteiger partial charge < -0.3 is 100.0 Å². The van der Waals surface area contributed by atoms with Gasteiger partial charge in [-0.05, 0) is 0 Å². The largest absolute Gasteiger partial charge is 0.397 e. The topological polar surface area (TPSA) is 409 Å². The molecule has 0 unspecified atom stereocenters. The molecule has 0 aliphatic carbocycles. The summed E-state index contributed by atoms with van der Waals surface area (Å²) in [6.07, 6.45) is -33.3. The molecule has 27 heteroatoms. The summed E-state index contributed by atoms with van der Waals surface area (Å²) in [6.45, 7) is -1.47. The van der Waals surface area contributed by atoms with E-state index >= 15 is 0 Å². The minimum Gasteiger partial charge on any atom is -0.394 e. The first-order chi connectivity index (χ1) is 25.7. The molecule has 0 radical (unpaired) electrons. The van der Waals surface area contributed by atoms with Crippen molar-refractivity contribution in [1.29, 1.82) is 0 Å². The van der Waals surface area contributed by atoms with Crippen molar-refractivity contribution < 1.29 is 116 Å². The van der Waals surface area contributed by atoms with Crippen molar-refractivity contribution in [2.24, 2.45) is 0 Å². The summed E-state index contributed by atoms with van der Waals surface area (Å²) in [5, 5.41) is 119. The van der Waals surface area contributed by atoms with E-state index in [9.17, 15) is 74.2 Å². The zero-order valence-corrected chi connectivity index (χ0v) is 29.9. The summed E-state index contributed by atoms with van der Waals surface area (Å²) in [6, 6.07) is -3.17. The standard InChI is InChI=1S/C28H48N2O24S/c1-7(34)29-13-18(39)22(52-28-21(42)24(54-55(44,45)46)16(37)10(4-32)50-28)11(5-33)51-26(13)47-6-12-17(38)23(14(25(43)48-12)30-8(2)35)53-27-20(41)19(40)15(36)9(3-31)49-27/h9-28,31-33,36-43H,3-6H2,1-2H3,(H,29,34)(H,30,35)(H,44,45,46)/t9-,10-,11-,12-,13-,14-,15+,16+,17+,18-,19+,20-,21-,22-,23-,24+,25-,26-,27+,28+/m1/s1. The molecule has 4 aliphatic heterocycles. The molecule has 0 aromatic carbocycles. The smallest absolute Gasteiger partial charge is 0.394 e. The van der Waals surface area contributed by atoms with Gasteiger partial charge in [0.1, 0.15) is 97.5 Å². The number of ether oxygens (including phenoxy) is 7. The van der Waals surface area contributed by atoms with E-state index in [2.05, 4.69) is 14.8 Å². The molecule has 14 N–H and O–H groups in total. The first kappa shape index (κ1) is 45.8. The zero-order valence-electron chi connectivity index (χ0n) is 29.0. The highest BCUT2D eigenvalue weighted by Crippen LogP contribution is 2.33. The number of carbonyl (C=O) groups excluding carboxylic acids is 2. The second-order valence-electron chi connectivity index (χ2n) is 13.2. The molecule has 0 spiro atoms. The maximum absolute atomic E-state index is 12.2. The molecule has 4 aliphatic rings. The minimum absolute atomic E-state index is 0.734. The van der Waals surface area contributed by atoms with Gasteiger partial charge in [-0.25, -0.2) is 4.18 Å². The van der Waals surface area contributed by atoms with E-state index in [0.29, 0.717) is 0 Å². The van der Waals surface area contributed by atoms with E-state index in [-0.39, 0.29) is 0 Å². The molecule has 0 aromatic rings. The van der Waals surface area contributed by atoms with Gasteiger partial charge in [0, 0.05) is 13.8 Å². The van der Waals surface area contributed by atoms with E-state index in [4.69, 9.17) is 37.7 Å². The molecule has 0 aromatic heterocycles. The summed E-state index contributed by atoms with van der Waals surface area (Å²) in [4.78, 5) is 24.2. The number of nitrogens with one attached hydrogen (secondary N) is 2. The predicted octanol–water partition coefficient (Wildman–Crippen LogP) is -9.63. The summed E-state index contributed by atoms with van der Waals surface area (Å²) in [5.41, 5.74) is 0. The molecule has 0 saturated carbocycles. The highest BCUT2D eigenvalue weighted by molar-refractivity contribution is 7.80. The Morgan fingerprint density at radius 2 is 1.05 bits per heavy atom. The Bertz CT molecular complexity index is 1380. The third kappa shape index (κ3) is 10.8. The average molecular weight is 829 g/mol. The Morgan fingerprint density at radius 3 is 1.60 bits per heavy atom. The first-order valence-corrected chi connectivity index (χ1v) is 18.1. The lowest BCUT2D eigenvalue weighted by molar-refractivity contribution is -0.355. The molecule has 26 nitrogen and oxygen atoms in total. The van der Waals surface area contributed by atoms with Gasteiger partial charge in [-0.15, -0.1) is 0 Å². The quantitative estimate of drug-likeness (QED) is 0.0723. The monoisotopic (exact) mass is 828 g/mol. The van der Waals surface area contributed by atoms with Crippen LogP contribution in [0.4, 0.5) is 0 Å². The van der Waals surface area contributed by atoms with Gasteiger partial charge in [0.2, 0.25) is 11.8 Å². The molecule has 2 amide bonds. The van der Waals surface area contributed by atoms with Crippen molar-refractivity contribution in [3.63, 3.8) is 0 Å². The van der Waals surface area contributed by atoms with Crippen molar-refractivity contribution in [3.8, 4) is 0 Å². The summed E-state index contributed by atoms with van der Waals surface area (Å²) >= 11 is 0. The average Bonchev–Trinajstić information content (AvgIpc) is 3.11. The van der Waals surface area contributed by atoms with Crippen LogP contribution in [0.25, 0.3) is 0 Å². The summed E-state index contributed by atoms with van der Waals surface area (Å²) in [5.74, 6) is -1.51. The zero-order chi connectivity index (χ0) is 41.1. The third-order valence-electron chi connectivity index (χ3n) is 9.20. The van der Waals surface area contributed by atoms with Crippen molar-refractivity contribution >= 4 is 22.2 Å². The number of rotatable bonds is 14. The van der Waals surface area contributed by atoms with E-state index in [1.54, 1.807) is 0 Å². The van der Waals surface area contributed by atoms with Crippen molar-refractivity contribution in [1.82, 2.24) is 10.6 Å². The molecule has 55 heavy (non-hydrogen) atoms. The van der Waals surface area contributed by atoms with Crippen LogP contribution < -0.4 is 10.6 Å². The number of amides is 2. The van der Waals surface area contributed by atoms with Crippen LogP contribution in [-0.4, -0.2) is 230 Å². The number of aliphatic hydroxyl groups is 11. The molecule has 0 bridgehead atoms. The highest BCUT2D eigenvalue weighted by atomic mass is 32.3. The van der Waals surface area contributed by atoms with Crippen LogP contribution in [0.5, 0.6) is 0 Å². The Labute approximate surface area is 311 Å². The van der Waals surface area contributed by atoms with Gasteiger partial charge in [-0.1, -0.05) is 0 Å². The van der Waals surface area contributed by atoms with Crippen LogP contribution in [0.2, 0.25) is 0 Å². The maximum atomic E-state index is 12.2. The van der Waals surface area contributed by atoms with Gasteiger partial charge in [0.25, 0.3) is 0 Å². The van der Waals surface area contributed by atoms with E-state index in [0.717, 1.165) is 13.8 Å². The fourth-order valence-electron chi connectivity index (χ4n) is 6.49. The van der Waals surface area contributed by atoms with Crippen molar-refractivity contribution in [2.45, 2.75) is 137 Å². The lowest BCUT2D eigenvalue weighted by Crippen LogP contribution is -2.69. The molecule has 4 saturated heterocycles. The molecule has 20 atom stereocenters. The number of carbonyl (C=O) groups is 2. The number of hydrogen-bond acceptors (Lipinski definition) is 23. The minimum atomic E-state index is -5.29. The van der Waals surface area contributed by atoms with Gasteiger partial charge in [0.15, 0.2) is 25.2 Å². The van der Waals surface area contributed by atoms with Crippen LogP contribution in [-0.2, 0) is 57.3 Å². The predicted molar refractivity (Wildman–Crippen MR) is 167 cm³/mol. The lowest BCUT2D eigenvalue weighted by atomic mass is 9.94. The van der Waals surface area contributed by atoms with Crippen LogP contribution in [0.3, 0.4) is 0 Å². The Balaban J connectivity index is 1.53. The van der Waals surface area contributed by atoms with Crippen molar-refractivity contribution in [2.75, 3.05) is 26.4 Å². The molecule has 320 valence electrons. The Morgan fingerprint density at radius 1 is 0.564 bits per heavy atom. The lowest BCUT2D eigenvalue weighted by Gasteiger charge is -2.48. The van der Waals surface area contributed by atoms with Crippen LogP contribution in [0.15, 0.2) is 0 Å². The van der Waals surface area contributed by atoms with Crippen LogP contribution in [0.1, 0.15) is 13.8 Å². The maximum Gasteiger partial charge on any atom is 0.397 e. The van der Waals surface area contributed by atoms with Crippen molar-refractivity contribution in [3.05, 3.63) is 0 Å². The van der Waals surface area contributed by atoms with E-state index in [1.807, 2.05) is 0 Å². The first-order valence-electron chi connectivity index (χ1n) is 16.7. The molecular weight excluding hydrogens is 780 g/mol. The highest BCUT2D eigenvalue weighted by Gasteiger charge is 2.55.